The van der Waals surface area contributed by atoms with Gasteiger partial charge in [-0.05, 0) is 82.6 Å². The lowest BCUT2D eigenvalue weighted by atomic mass is 9.64. The predicted octanol–water partition coefficient (Wildman–Crippen LogP) is 13.1. The Bertz CT molecular complexity index is 2020. The van der Waals surface area contributed by atoms with Gasteiger partial charge in [0.15, 0.2) is 0 Å². The number of benzene rings is 5. The van der Waals surface area contributed by atoms with Crippen LogP contribution >= 0.6 is 0 Å². The van der Waals surface area contributed by atoms with Crippen molar-refractivity contribution in [2.24, 2.45) is 0 Å². The summed E-state index contributed by atoms with van der Waals surface area (Å²) < 4.78 is 13.0. The monoisotopic (exact) mass is 713 g/mol. The Morgan fingerprint density at radius 3 is 1.41 bits per heavy atom. The Morgan fingerprint density at radius 1 is 0.500 bits per heavy atom. The van der Waals surface area contributed by atoms with E-state index in [9.17, 15) is 10.5 Å². The predicted molar refractivity (Wildman–Crippen MR) is 219 cm³/mol. The molecule has 0 atom stereocenters. The third kappa shape index (κ3) is 7.09. The summed E-state index contributed by atoms with van der Waals surface area (Å²) in [6, 6.07) is 40.4. The third-order valence-electron chi connectivity index (χ3n) is 11.1. The van der Waals surface area contributed by atoms with Crippen molar-refractivity contribution in [2.75, 3.05) is 18.1 Å². The Kier molecular flexibility index (Phi) is 11.7. The van der Waals surface area contributed by atoms with Gasteiger partial charge in [-0.2, -0.15) is 10.5 Å². The normalized spacial score (nSPS) is 13.0. The molecule has 0 fully saturated rings. The summed E-state index contributed by atoms with van der Waals surface area (Å²) in [5.74, 6) is 1.62. The number of unbranched alkanes of at least 4 members (excludes halogenated alkanes) is 10. The minimum Gasteiger partial charge on any atom is -0.493 e. The molecule has 0 saturated heterocycles. The second-order valence-corrected chi connectivity index (χ2v) is 14.8. The third-order valence-corrected chi connectivity index (χ3v) is 11.1. The van der Waals surface area contributed by atoms with Crippen molar-refractivity contribution in [1.29, 1.82) is 10.5 Å². The number of nitrogens with zero attached hydrogens (tertiary/aromatic N) is 3. The fraction of sp³-hybridized carbons (Fsp3) is 0.347. The molecule has 274 valence electrons. The number of fused-ring (bicyclic) bond motifs is 9. The number of ether oxygens (including phenoxy) is 2. The van der Waals surface area contributed by atoms with Crippen LogP contribution < -0.4 is 14.4 Å². The van der Waals surface area contributed by atoms with E-state index in [1.165, 1.54) is 64.2 Å². The lowest BCUT2D eigenvalue weighted by Crippen LogP contribution is -2.36. The van der Waals surface area contributed by atoms with Gasteiger partial charge in [0.05, 0.1) is 59.0 Å². The summed E-state index contributed by atoms with van der Waals surface area (Å²) in [7, 11) is 0. The van der Waals surface area contributed by atoms with Gasteiger partial charge in [0.25, 0.3) is 0 Å². The first-order valence-electron chi connectivity index (χ1n) is 20.1. The van der Waals surface area contributed by atoms with Crippen LogP contribution in [0.25, 0.3) is 11.1 Å². The van der Waals surface area contributed by atoms with Gasteiger partial charge < -0.3 is 14.4 Å². The number of para-hydroxylation sites is 2. The highest BCUT2D eigenvalue weighted by Gasteiger charge is 2.52. The summed E-state index contributed by atoms with van der Waals surface area (Å²) >= 11 is 0. The summed E-state index contributed by atoms with van der Waals surface area (Å²) in [5.41, 5.74) is 10.0. The Morgan fingerprint density at radius 2 is 0.944 bits per heavy atom. The van der Waals surface area contributed by atoms with Gasteiger partial charge in [-0.15, -0.1) is 0 Å². The van der Waals surface area contributed by atoms with Crippen LogP contribution in [0.2, 0.25) is 0 Å². The highest BCUT2D eigenvalue weighted by atomic mass is 16.5. The molecule has 0 amide bonds. The van der Waals surface area contributed by atoms with Crippen molar-refractivity contribution in [2.45, 2.75) is 96.3 Å². The molecule has 1 spiro atoms. The maximum atomic E-state index is 10.1. The molecule has 5 heteroatoms. The van der Waals surface area contributed by atoms with Crippen molar-refractivity contribution in [1.82, 2.24) is 0 Å². The number of nitriles is 2. The number of hydrogen-bond donors (Lipinski definition) is 0. The topological polar surface area (TPSA) is 69.3 Å². The van der Waals surface area contributed by atoms with Crippen LogP contribution in [0.15, 0.2) is 103 Å². The van der Waals surface area contributed by atoms with Crippen LogP contribution in [-0.4, -0.2) is 13.2 Å². The molecule has 0 saturated carbocycles. The van der Waals surface area contributed by atoms with Gasteiger partial charge in [-0.25, -0.2) is 0 Å². The molecule has 2 aliphatic rings. The second kappa shape index (κ2) is 17.1. The molecule has 5 aromatic carbocycles. The Balaban J connectivity index is 1.33. The van der Waals surface area contributed by atoms with Gasteiger partial charge in [0, 0.05) is 18.2 Å². The molecule has 0 aromatic heterocycles. The lowest BCUT2D eigenvalue weighted by molar-refractivity contribution is 0.290. The van der Waals surface area contributed by atoms with Crippen molar-refractivity contribution < 1.29 is 9.47 Å². The lowest BCUT2D eigenvalue weighted by Gasteiger charge is -2.45. The molecule has 1 aliphatic heterocycles. The van der Waals surface area contributed by atoms with E-state index >= 15 is 0 Å². The van der Waals surface area contributed by atoms with E-state index in [1.807, 2.05) is 12.1 Å². The van der Waals surface area contributed by atoms with E-state index in [4.69, 9.17) is 9.47 Å². The first-order valence-corrected chi connectivity index (χ1v) is 20.1. The fourth-order valence-electron chi connectivity index (χ4n) is 8.57. The molecular weight excluding hydrogens is 663 g/mol. The molecule has 7 rings (SSSR count). The summed E-state index contributed by atoms with van der Waals surface area (Å²) in [4.78, 5) is 2.34. The van der Waals surface area contributed by atoms with E-state index < -0.39 is 5.41 Å². The van der Waals surface area contributed by atoms with Crippen LogP contribution in [0.1, 0.15) is 124 Å². The fourth-order valence-corrected chi connectivity index (χ4v) is 8.57. The number of rotatable bonds is 17. The van der Waals surface area contributed by atoms with E-state index in [-0.39, 0.29) is 0 Å². The molecule has 5 aromatic rings. The maximum Gasteiger partial charge on any atom is 0.125 e. The largest absolute Gasteiger partial charge is 0.493 e. The Labute approximate surface area is 321 Å². The summed E-state index contributed by atoms with van der Waals surface area (Å²) in [6.45, 7) is 5.83. The van der Waals surface area contributed by atoms with E-state index in [2.05, 4.69) is 122 Å². The van der Waals surface area contributed by atoms with E-state index in [1.54, 1.807) is 0 Å². The molecule has 54 heavy (non-hydrogen) atoms. The van der Waals surface area contributed by atoms with Crippen molar-refractivity contribution >= 4 is 17.1 Å². The van der Waals surface area contributed by atoms with Crippen molar-refractivity contribution in [3.05, 3.63) is 137 Å². The standard InChI is InChI=1S/C49H51N3O2/c1-3-5-7-9-11-17-27-53-39-31-38(32-40(33-39)54-28-18-12-10-8-6-4-2)52-47-21-15-13-19-43(47)49(44-20-14-16-22-48(44)52)45-29-36(34-50)23-25-41(45)42-26-24-37(35-51)30-46(42)49/h13-16,19-26,29-33H,3-12,17-18,27-28H2,1-2H3. The van der Waals surface area contributed by atoms with Crippen LogP contribution in [0, 0.1) is 22.7 Å². The number of anilines is 3. The zero-order chi connectivity index (χ0) is 37.3. The molecule has 1 aliphatic carbocycles. The van der Waals surface area contributed by atoms with Gasteiger partial charge >= 0.3 is 0 Å². The minimum atomic E-state index is -0.739. The zero-order valence-electron chi connectivity index (χ0n) is 31.9. The van der Waals surface area contributed by atoms with Gasteiger partial charge in [0.1, 0.15) is 11.5 Å². The van der Waals surface area contributed by atoms with Crippen molar-refractivity contribution in [3.63, 3.8) is 0 Å². The van der Waals surface area contributed by atoms with Gasteiger partial charge in [-0.1, -0.05) is 127 Å². The second-order valence-electron chi connectivity index (χ2n) is 14.8. The first-order chi connectivity index (χ1) is 26.6. The summed E-state index contributed by atoms with van der Waals surface area (Å²) in [5, 5.41) is 20.2. The maximum absolute atomic E-state index is 10.1. The van der Waals surface area contributed by atoms with Crippen LogP contribution in [0.4, 0.5) is 17.1 Å². The number of hydrogen-bond acceptors (Lipinski definition) is 5. The average molecular weight is 714 g/mol. The molecule has 0 N–H and O–H groups in total. The molecule has 0 bridgehead atoms. The van der Waals surface area contributed by atoms with E-state index in [0.717, 1.165) is 74.8 Å². The zero-order valence-corrected chi connectivity index (χ0v) is 31.9. The molecule has 0 unspecified atom stereocenters. The minimum absolute atomic E-state index is 0.612. The smallest absolute Gasteiger partial charge is 0.125 e. The van der Waals surface area contributed by atoms with Crippen LogP contribution in [0.3, 0.4) is 0 Å². The highest BCUT2D eigenvalue weighted by Crippen LogP contribution is 2.63. The molecular formula is C49H51N3O2. The molecule has 5 nitrogen and oxygen atoms in total. The van der Waals surface area contributed by atoms with Crippen molar-refractivity contribution in [3.8, 4) is 34.8 Å². The highest BCUT2D eigenvalue weighted by molar-refractivity contribution is 5.96. The average Bonchev–Trinajstić information content (AvgIpc) is 3.49. The van der Waals surface area contributed by atoms with Gasteiger partial charge in [-0.3, -0.25) is 0 Å². The SMILES string of the molecule is CCCCCCCCOc1cc(OCCCCCCCC)cc(N2c3ccccc3C3(c4cc(C#N)ccc4-c4ccc(C#N)cc43)c3ccccc32)c1. The van der Waals surface area contributed by atoms with Crippen LogP contribution in [-0.2, 0) is 5.41 Å². The van der Waals surface area contributed by atoms with Crippen LogP contribution in [0.5, 0.6) is 11.5 Å². The first kappa shape index (κ1) is 36.8. The molecule has 0 radical (unpaired) electrons. The van der Waals surface area contributed by atoms with E-state index in [0.29, 0.717) is 24.3 Å². The molecule has 1 heterocycles. The quantitative estimate of drug-likeness (QED) is 0.0879. The Hall–Kier alpha value is -5.52. The van der Waals surface area contributed by atoms with Gasteiger partial charge in [0.2, 0.25) is 0 Å². The summed E-state index contributed by atoms with van der Waals surface area (Å²) in [6.07, 6.45) is 14.5.